The van der Waals surface area contributed by atoms with Crippen LogP contribution in [0.2, 0.25) is 0 Å². The summed E-state index contributed by atoms with van der Waals surface area (Å²) in [5, 5.41) is 9.38. The van der Waals surface area contributed by atoms with Gasteiger partial charge in [0.05, 0.1) is 5.92 Å². The van der Waals surface area contributed by atoms with E-state index in [4.69, 9.17) is 0 Å². The predicted octanol–water partition coefficient (Wildman–Crippen LogP) is 3.46. The van der Waals surface area contributed by atoms with Gasteiger partial charge in [-0.2, -0.15) is 0 Å². The van der Waals surface area contributed by atoms with Crippen molar-refractivity contribution >= 4 is 5.97 Å². The third-order valence-electron chi connectivity index (χ3n) is 4.36. The number of carbonyl (C=O) groups is 1. The van der Waals surface area contributed by atoms with Crippen molar-refractivity contribution in [3.63, 3.8) is 0 Å². The number of hydrogen-bond donors (Lipinski definition) is 1. The van der Waals surface area contributed by atoms with Crippen LogP contribution in [0.25, 0.3) is 0 Å². The molecular formula is C15H18O2. The van der Waals surface area contributed by atoms with Crippen molar-refractivity contribution in [2.45, 2.75) is 50.4 Å². The molecule has 2 nitrogen and oxygen atoms in total. The van der Waals surface area contributed by atoms with Crippen molar-refractivity contribution in [1.29, 1.82) is 0 Å². The van der Waals surface area contributed by atoms with E-state index in [2.05, 4.69) is 18.2 Å². The van der Waals surface area contributed by atoms with Gasteiger partial charge in [0.25, 0.3) is 0 Å². The molecule has 0 heterocycles. The highest BCUT2D eigenvalue weighted by molar-refractivity contribution is 5.78. The number of fused-ring (bicyclic) bond motifs is 1. The molecule has 17 heavy (non-hydrogen) atoms. The van der Waals surface area contributed by atoms with Gasteiger partial charge in [-0.1, -0.05) is 24.6 Å². The molecule has 1 unspecified atom stereocenters. The predicted molar refractivity (Wildman–Crippen MR) is 66.3 cm³/mol. The Balaban J connectivity index is 2.07. The normalized spacial score (nSPS) is 23.9. The standard InChI is InChI=1S/C15H18O2/c16-15(17)13-9-3-7-11-6-2-8-12(14(11)13)10-4-1-5-10/h2,6,8,10,13H,1,3-5,7,9H2,(H,16,17). The molecule has 0 saturated heterocycles. The Bertz CT molecular complexity index is 446. The molecule has 0 aliphatic heterocycles. The Morgan fingerprint density at radius 3 is 2.65 bits per heavy atom. The molecule has 1 saturated carbocycles. The van der Waals surface area contributed by atoms with Crippen LogP contribution >= 0.6 is 0 Å². The second-order valence-corrected chi connectivity index (χ2v) is 5.33. The minimum Gasteiger partial charge on any atom is -0.481 e. The summed E-state index contributed by atoms with van der Waals surface area (Å²) in [6.45, 7) is 0. The summed E-state index contributed by atoms with van der Waals surface area (Å²) < 4.78 is 0. The molecule has 0 bridgehead atoms. The molecule has 3 rings (SSSR count). The average molecular weight is 230 g/mol. The van der Waals surface area contributed by atoms with Crippen molar-refractivity contribution in [3.05, 3.63) is 34.9 Å². The molecule has 2 heteroatoms. The Morgan fingerprint density at radius 2 is 2.00 bits per heavy atom. The Labute approximate surface area is 102 Å². The van der Waals surface area contributed by atoms with Gasteiger partial charge < -0.3 is 5.11 Å². The first kappa shape index (κ1) is 10.8. The molecule has 2 aliphatic carbocycles. The lowest BCUT2D eigenvalue weighted by atomic mass is 9.72. The van der Waals surface area contributed by atoms with Crippen LogP contribution in [0.4, 0.5) is 0 Å². The van der Waals surface area contributed by atoms with Crippen LogP contribution < -0.4 is 0 Å². The van der Waals surface area contributed by atoms with E-state index in [0.29, 0.717) is 5.92 Å². The van der Waals surface area contributed by atoms with Crippen LogP contribution in [0, 0.1) is 0 Å². The largest absolute Gasteiger partial charge is 0.481 e. The molecule has 0 aromatic heterocycles. The van der Waals surface area contributed by atoms with Crippen molar-refractivity contribution in [1.82, 2.24) is 0 Å². The fraction of sp³-hybridized carbons (Fsp3) is 0.533. The molecule has 2 aliphatic rings. The van der Waals surface area contributed by atoms with E-state index in [1.54, 1.807) is 0 Å². The molecule has 90 valence electrons. The maximum atomic E-state index is 11.4. The van der Waals surface area contributed by atoms with Gasteiger partial charge in [-0.25, -0.2) is 0 Å². The van der Waals surface area contributed by atoms with Crippen molar-refractivity contribution < 1.29 is 9.90 Å². The smallest absolute Gasteiger partial charge is 0.310 e. The first-order chi connectivity index (χ1) is 8.27. The number of carboxylic acid groups (broad SMARTS) is 1. The molecule has 1 fully saturated rings. The first-order valence-electron chi connectivity index (χ1n) is 6.62. The van der Waals surface area contributed by atoms with Crippen LogP contribution in [-0.4, -0.2) is 11.1 Å². The average Bonchev–Trinajstić information content (AvgIpc) is 2.26. The summed E-state index contributed by atoms with van der Waals surface area (Å²) in [5.74, 6) is -0.266. The number of rotatable bonds is 2. The second kappa shape index (κ2) is 4.17. The van der Waals surface area contributed by atoms with Gasteiger partial charge in [-0.3, -0.25) is 4.79 Å². The fourth-order valence-electron chi connectivity index (χ4n) is 3.24. The summed E-state index contributed by atoms with van der Waals surface area (Å²) in [7, 11) is 0. The van der Waals surface area contributed by atoms with Crippen molar-refractivity contribution in [2.75, 3.05) is 0 Å². The lowest BCUT2D eigenvalue weighted by Gasteiger charge is -2.32. The maximum absolute atomic E-state index is 11.4. The van der Waals surface area contributed by atoms with E-state index < -0.39 is 5.97 Å². The van der Waals surface area contributed by atoms with Gasteiger partial charge in [0.1, 0.15) is 0 Å². The number of benzene rings is 1. The van der Waals surface area contributed by atoms with Gasteiger partial charge in [-0.15, -0.1) is 0 Å². The number of hydrogen-bond acceptors (Lipinski definition) is 1. The summed E-state index contributed by atoms with van der Waals surface area (Å²) >= 11 is 0. The highest BCUT2D eigenvalue weighted by Crippen LogP contribution is 2.43. The highest BCUT2D eigenvalue weighted by Gasteiger charge is 2.32. The molecule has 0 amide bonds. The van der Waals surface area contributed by atoms with Crippen molar-refractivity contribution in [2.24, 2.45) is 0 Å². The van der Waals surface area contributed by atoms with Gasteiger partial charge >= 0.3 is 5.97 Å². The van der Waals surface area contributed by atoms with Gasteiger partial charge in [0.15, 0.2) is 0 Å². The van der Waals surface area contributed by atoms with Gasteiger partial charge in [-0.05, 0) is 54.7 Å². The zero-order chi connectivity index (χ0) is 11.8. The fourth-order valence-corrected chi connectivity index (χ4v) is 3.24. The Hall–Kier alpha value is -1.31. The maximum Gasteiger partial charge on any atom is 0.310 e. The second-order valence-electron chi connectivity index (χ2n) is 5.33. The number of aryl methyl sites for hydroxylation is 1. The third kappa shape index (κ3) is 1.76. The van der Waals surface area contributed by atoms with E-state index in [1.165, 1.54) is 30.4 Å². The summed E-state index contributed by atoms with van der Waals surface area (Å²) in [5.41, 5.74) is 3.78. The molecule has 1 atom stereocenters. The first-order valence-corrected chi connectivity index (χ1v) is 6.62. The highest BCUT2D eigenvalue weighted by atomic mass is 16.4. The molecule has 1 N–H and O–H groups in total. The quantitative estimate of drug-likeness (QED) is 0.844. The third-order valence-corrected chi connectivity index (χ3v) is 4.36. The van der Waals surface area contributed by atoms with E-state index in [1.807, 2.05) is 0 Å². The molecular weight excluding hydrogens is 212 g/mol. The summed E-state index contributed by atoms with van der Waals surface area (Å²) in [6.07, 6.45) is 6.65. The molecule has 0 radical (unpaired) electrons. The Kier molecular flexibility index (Phi) is 2.65. The minimum atomic E-state index is -0.641. The molecule has 1 aromatic carbocycles. The van der Waals surface area contributed by atoms with Gasteiger partial charge in [0.2, 0.25) is 0 Å². The summed E-state index contributed by atoms with van der Waals surface area (Å²) in [6, 6.07) is 6.38. The Morgan fingerprint density at radius 1 is 1.18 bits per heavy atom. The van der Waals surface area contributed by atoms with Crippen LogP contribution in [0.15, 0.2) is 18.2 Å². The number of carboxylic acids is 1. The lowest BCUT2D eigenvalue weighted by Crippen LogP contribution is -2.22. The van der Waals surface area contributed by atoms with Crippen LogP contribution in [0.3, 0.4) is 0 Å². The lowest BCUT2D eigenvalue weighted by molar-refractivity contribution is -0.139. The number of aliphatic carboxylic acids is 1. The molecule has 1 aromatic rings. The van der Waals surface area contributed by atoms with Crippen LogP contribution in [-0.2, 0) is 11.2 Å². The zero-order valence-electron chi connectivity index (χ0n) is 9.98. The van der Waals surface area contributed by atoms with Crippen LogP contribution in [0.5, 0.6) is 0 Å². The van der Waals surface area contributed by atoms with E-state index in [9.17, 15) is 9.90 Å². The minimum absolute atomic E-state index is 0.254. The monoisotopic (exact) mass is 230 g/mol. The van der Waals surface area contributed by atoms with Gasteiger partial charge in [0, 0.05) is 0 Å². The SMILES string of the molecule is O=C(O)C1CCCc2cccc(C3CCC3)c21. The topological polar surface area (TPSA) is 37.3 Å². The molecule has 0 spiro atoms. The zero-order valence-corrected chi connectivity index (χ0v) is 9.98. The van der Waals surface area contributed by atoms with Crippen molar-refractivity contribution in [3.8, 4) is 0 Å². The van der Waals surface area contributed by atoms with E-state index in [0.717, 1.165) is 24.8 Å². The van der Waals surface area contributed by atoms with Crippen LogP contribution in [0.1, 0.15) is 60.6 Å². The van der Waals surface area contributed by atoms with E-state index >= 15 is 0 Å². The summed E-state index contributed by atoms with van der Waals surface area (Å²) in [4.78, 5) is 11.4. The van der Waals surface area contributed by atoms with E-state index in [-0.39, 0.29) is 5.92 Å².